The second-order valence-corrected chi connectivity index (χ2v) is 7.21. The van der Waals surface area contributed by atoms with Crippen molar-refractivity contribution in [1.82, 2.24) is 0 Å². The molecule has 0 fully saturated rings. The summed E-state index contributed by atoms with van der Waals surface area (Å²) in [7, 11) is 0. The quantitative estimate of drug-likeness (QED) is 0.379. The van der Waals surface area contributed by atoms with Crippen LogP contribution in [0.15, 0.2) is 78.9 Å². The maximum atomic E-state index is 12.4. The van der Waals surface area contributed by atoms with Gasteiger partial charge in [0.05, 0.1) is 25.4 Å². The zero-order valence-electron chi connectivity index (χ0n) is 18.0. The van der Waals surface area contributed by atoms with Gasteiger partial charge in [-0.15, -0.1) is 0 Å². The molecule has 0 spiro atoms. The molecule has 0 radical (unpaired) electrons. The number of benzene rings is 3. The molecule has 0 saturated heterocycles. The van der Waals surface area contributed by atoms with Crippen molar-refractivity contribution in [1.29, 1.82) is 0 Å². The van der Waals surface area contributed by atoms with E-state index in [1.807, 2.05) is 66.7 Å². The second-order valence-electron chi connectivity index (χ2n) is 7.21. The van der Waals surface area contributed by atoms with E-state index in [2.05, 4.69) is 29.7 Å². The Balaban J connectivity index is 1.42. The van der Waals surface area contributed by atoms with Crippen molar-refractivity contribution in [3.8, 4) is 11.5 Å². The van der Waals surface area contributed by atoms with Gasteiger partial charge in [0.2, 0.25) is 5.91 Å². The van der Waals surface area contributed by atoms with Gasteiger partial charge < -0.3 is 20.1 Å². The van der Waals surface area contributed by atoms with Crippen molar-refractivity contribution < 1.29 is 14.3 Å². The van der Waals surface area contributed by atoms with Crippen LogP contribution in [0.3, 0.4) is 0 Å². The Morgan fingerprint density at radius 3 is 2.35 bits per heavy atom. The molecule has 1 amide bonds. The highest BCUT2D eigenvalue weighted by molar-refractivity contribution is 5.95. The standard InChI is InChI=1S/C26H30N2O3/c1-2-3-18-31-25-12-8-7-11-24(25)28-26(29)20-27-22-13-15-23(16-14-22)30-19-17-21-9-5-4-6-10-21/h4-16,27H,2-3,17-20H2,1H3,(H,28,29). The molecule has 3 rings (SSSR count). The summed E-state index contributed by atoms with van der Waals surface area (Å²) in [5.41, 5.74) is 2.80. The molecule has 0 saturated carbocycles. The SMILES string of the molecule is CCCCOc1ccccc1NC(=O)CNc1ccc(OCCc2ccccc2)cc1. The molecule has 5 heteroatoms. The maximum absolute atomic E-state index is 12.4. The summed E-state index contributed by atoms with van der Waals surface area (Å²) in [5, 5.41) is 6.05. The molecular formula is C26H30N2O3. The zero-order valence-corrected chi connectivity index (χ0v) is 18.0. The van der Waals surface area contributed by atoms with E-state index >= 15 is 0 Å². The second kappa shape index (κ2) is 12.3. The van der Waals surface area contributed by atoms with Gasteiger partial charge in [-0.25, -0.2) is 0 Å². The minimum Gasteiger partial charge on any atom is -0.493 e. The van der Waals surface area contributed by atoms with Crippen LogP contribution >= 0.6 is 0 Å². The van der Waals surface area contributed by atoms with Gasteiger partial charge in [0, 0.05) is 12.1 Å². The predicted molar refractivity (Wildman–Crippen MR) is 126 cm³/mol. The molecule has 2 N–H and O–H groups in total. The molecule has 0 unspecified atom stereocenters. The monoisotopic (exact) mass is 418 g/mol. The van der Waals surface area contributed by atoms with Gasteiger partial charge >= 0.3 is 0 Å². The zero-order chi connectivity index (χ0) is 21.7. The first kappa shape index (κ1) is 22.2. The van der Waals surface area contributed by atoms with E-state index in [1.54, 1.807) is 0 Å². The Labute approximate surface area is 184 Å². The molecule has 0 aliphatic heterocycles. The largest absolute Gasteiger partial charge is 0.493 e. The van der Waals surface area contributed by atoms with Crippen LogP contribution in [0, 0.1) is 0 Å². The average Bonchev–Trinajstić information content (AvgIpc) is 2.80. The van der Waals surface area contributed by atoms with Crippen molar-refractivity contribution in [2.75, 3.05) is 30.4 Å². The minimum absolute atomic E-state index is 0.130. The minimum atomic E-state index is -0.130. The molecule has 0 aliphatic carbocycles. The number of hydrogen-bond donors (Lipinski definition) is 2. The summed E-state index contributed by atoms with van der Waals surface area (Å²) in [5.74, 6) is 1.38. The first-order valence-electron chi connectivity index (χ1n) is 10.8. The number of carbonyl (C=O) groups excluding carboxylic acids is 1. The molecule has 5 nitrogen and oxygen atoms in total. The first-order valence-corrected chi connectivity index (χ1v) is 10.8. The maximum Gasteiger partial charge on any atom is 0.243 e. The van der Waals surface area contributed by atoms with Gasteiger partial charge in [-0.05, 0) is 48.4 Å². The molecule has 0 atom stereocenters. The highest BCUT2D eigenvalue weighted by atomic mass is 16.5. The van der Waals surface area contributed by atoms with Gasteiger partial charge in [-0.1, -0.05) is 55.8 Å². The van der Waals surface area contributed by atoms with Crippen LogP contribution in [0.25, 0.3) is 0 Å². The Hall–Kier alpha value is -3.47. The highest BCUT2D eigenvalue weighted by Gasteiger charge is 2.07. The Morgan fingerprint density at radius 1 is 0.839 bits per heavy atom. The van der Waals surface area contributed by atoms with E-state index in [0.29, 0.717) is 24.7 Å². The molecule has 31 heavy (non-hydrogen) atoms. The molecule has 0 aliphatic rings. The molecule has 162 valence electrons. The van der Waals surface area contributed by atoms with Crippen LogP contribution in [0.4, 0.5) is 11.4 Å². The summed E-state index contributed by atoms with van der Waals surface area (Å²) < 4.78 is 11.6. The normalized spacial score (nSPS) is 10.4. The van der Waals surface area contributed by atoms with E-state index < -0.39 is 0 Å². The van der Waals surface area contributed by atoms with Crippen LogP contribution in [0.2, 0.25) is 0 Å². The third kappa shape index (κ3) is 7.70. The fourth-order valence-corrected chi connectivity index (χ4v) is 3.00. The van der Waals surface area contributed by atoms with Gasteiger partial charge in [0.1, 0.15) is 11.5 Å². The van der Waals surface area contributed by atoms with Crippen molar-refractivity contribution >= 4 is 17.3 Å². The van der Waals surface area contributed by atoms with Gasteiger partial charge in [0.15, 0.2) is 0 Å². The van der Waals surface area contributed by atoms with E-state index in [0.717, 1.165) is 30.7 Å². The molecular weight excluding hydrogens is 388 g/mol. The van der Waals surface area contributed by atoms with Crippen molar-refractivity contribution in [3.05, 3.63) is 84.4 Å². The van der Waals surface area contributed by atoms with Crippen LogP contribution < -0.4 is 20.1 Å². The third-order valence-electron chi connectivity index (χ3n) is 4.73. The number of para-hydroxylation sites is 2. The average molecular weight is 419 g/mol. The van der Waals surface area contributed by atoms with E-state index in [9.17, 15) is 4.79 Å². The molecule has 0 aromatic heterocycles. The smallest absolute Gasteiger partial charge is 0.243 e. The topological polar surface area (TPSA) is 59.6 Å². The van der Waals surface area contributed by atoms with Gasteiger partial charge in [-0.3, -0.25) is 4.79 Å². The van der Waals surface area contributed by atoms with Crippen molar-refractivity contribution in [2.24, 2.45) is 0 Å². The lowest BCUT2D eigenvalue weighted by Gasteiger charge is -2.13. The fourth-order valence-electron chi connectivity index (χ4n) is 3.00. The Bertz CT molecular complexity index is 927. The highest BCUT2D eigenvalue weighted by Crippen LogP contribution is 2.24. The van der Waals surface area contributed by atoms with E-state index in [4.69, 9.17) is 9.47 Å². The number of unbranched alkanes of at least 4 members (excludes halogenated alkanes) is 1. The molecule has 0 heterocycles. The lowest BCUT2D eigenvalue weighted by molar-refractivity contribution is -0.114. The number of ether oxygens (including phenoxy) is 2. The summed E-state index contributed by atoms with van der Waals surface area (Å²) in [6, 6.07) is 25.4. The van der Waals surface area contributed by atoms with Crippen molar-refractivity contribution in [3.63, 3.8) is 0 Å². The van der Waals surface area contributed by atoms with Crippen molar-refractivity contribution in [2.45, 2.75) is 26.2 Å². The molecule has 3 aromatic rings. The third-order valence-corrected chi connectivity index (χ3v) is 4.73. The predicted octanol–water partition coefficient (Wildman–Crippen LogP) is 5.54. The lowest BCUT2D eigenvalue weighted by Crippen LogP contribution is -2.22. The van der Waals surface area contributed by atoms with Crippen LogP contribution in [0.5, 0.6) is 11.5 Å². The first-order chi connectivity index (χ1) is 15.2. The molecule has 3 aromatic carbocycles. The molecule has 0 bridgehead atoms. The number of nitrogens with one attached hydrogen (secondary N) is 2. The number of rotatable bonds is 12. The number of hydrogen-bond acceptors (Lipinski definition) is 4. The van der Waals surface area contributed by atoms with Crippen LogP contribution in [-0.2, 0) is 11.2 Å². The Kier molecular flexibility index (Phi) is 8.80. The summed E-state index contributed by atoms with van der Waals surface area (Å²) in [6.45, 7) is 3.55. The number of amides is 1. The number of anilines is 2. The lowest BCUT2D eigenvalue weighted by atomic mass is 10.2. The Morgan fingerprint density at radius 2 is 1.58 bits per heavy atom. The van der Waals surface area contributed by atoms with E-state index in [-0.39, 0.29) is 12.5 Å². The summed E-state index contributed by atoms with van der Waals surface area (Å²) in [6.07, 6.45) is 2.91. The van der Waals surface area contributed by atoms with E-state index in [1.165, 1.54) is 5.56 Å². The summed E-state index contributed by atoms with van der Waals surface area (Å²) >= 11 is 0. The van der Waals surface area contributed by atoms with Gasteiger partial charge in [-0.2, -0.15) is 0 Å². The van der Waals surface area contributed by atoms with Crippen LogP contribution in [-0.4, -0.2) is 25.7 Å². The fraction of sp³-hybridized carbons (Fsp3) is 0.269. The summed E-state index contributed by atoms with van der Waals surface area (Å²) in [4.78, 5) is 12.4. The number of carbonyl (C=O) groups is 1. The van der Waals surface area contributed by atoms with Crippen LogP contribution in [0.1, 0.15) is 25.3 Å². The van der Waals surface area contributed by atoms with Gasteiger partial charge in [0.25, 0.3) is 0 Å².